The van der Waals surface area contributed by atoms with Crippen molar-refractivity contribution in [3.8, 4) is 0 Å². The molecule has 3 rings (SSSR count). The second-order valence-corrected chi connectivity index (χ2v) is 7.73. The fourth-order valence-electron chi connectivity index (χ4n) is 2.64. The van der Waals surface area contributed by atoms with Crippen LogP contribution in [0.15, 0.2) is 21.9 Å². The van der Waals surface area contributed by atoms with Gasteiger partial charge >= 0.3 is 132 Å². The fraction of sp³-hybridized carbons (Fsp3) is 0.692. The number of hydrogen-bond donors (Lipinski definition) is 1. The molecule has 2 saturated heterocycles. The molecule has 8 nitrogen and oxygen atoms in total. The Bertz CT molecular complexity index is 631. The van der Waals surface area contributed by atoms with Crippen LogP contribution >= 0.6 is 0 Å². The van der Waals surface area contributed by atoms with Gasteiger partial charge < -0.3 is 0 Å². The average Bonchev–Trinajstić information content (AvgIpc) is 3.05. The molecule has 5 atom stereocenters. The van der Waals surface area contributed by atoms with Gasteiger partial charge in [-0.1, -0.05) is 0 Å². The predicted molar refractivity (Wildman–Crippen MR) is 76.8 cm³/mol. The quantitative estimate of drug-likeness (QED) is 0.709. The van der Waals surface area contributed by atoms with Gasteiger partial charge in [-0.2, -0.15) is 0 Å². The van der Waals surface area contributed by atoms with Crippen LogP contribution in [0.5, 0.6) is 0 Å². The third-order valence-electron chi connectivity index (χ3n) is 3.63. The van der Waals surface area contributed by atoms with Crippen LogP contribution in [-0.2, 0) is 18.9 Å². The zero-order valence-corrected chi connectivity index (χ0v) is 14.0. The van der Waals surface area contributed by atoms with Crippen LogP contribution in [0.25, 0.3) is 0 Å². The maximum atomic E-state index is 12.0. The van der Waals surface area contributed by atoms with Crippen molar-refractivity contribution in [2.75, 3.05) is 7.11 Å². The van der Waals surface area contributed by atoms with Crippen LogP contribution in [0.4, 0.5) is 0 Å². The topological polar surface area (TPSA) is 91.8 Å². The van der Waals surface area contributed by atoms with Gasteiger partial charge in [0.25, 0.3) is 0 Å². The molecule has 3 heterocycles. The molecule has 2 aliphatic heterocycles. The van der Waals surface area contributed by atoms with Gasteiger partial charge in [0.2, 0.25) is 0 Å². The van der Waals surface area contributed by atoms with Crippen LogP contribution in [0.2, 0.25) is 10.6 Å². The number of methoxy groups -OCH3 is 1. The Morgan fingerprint density at radius 1 is 1.32 bits per heavy atom. The Labute approximate surface area is 132 Å². The van der Waals surface area contributed by atoms with Crippen molar-refractivity contribution < 1.29 is 18.9 Å². The van der Waals surface area contributed by atoms with Gasteiger partial charge in [0.1, 0.15) is 0 Å². The van der Waals surface area contributed by atoms with Crippen molar-refractivity contribution in [2.24, 2.45) is 0 Å². The molecule has 1 aromatic heterocycles. The van der Waals surface area contributed by atoms with E-state index in [0.29, 0.717) is 15.0 Å². The van der Waals surface area contributed by atoms with Gasteiger partial charge in [-0.15, -0.1) is 0 Å². The van der Waals surface area contributed by atoms with E-state index in [9.17, 15) is 9.59 Å². The van der Waals surface area contributed by atoms with Crippen molar-refractivity contribution >= 4 is 15.0 Å². The van der Waals surface area contributed by atoms with Gasteiger partial charge in [0.15, 0.2) is 0 Å². The summed E-state index contributed by atoms with van der Waals surface area (Å²) in [5.41, 5.74) is -0.970. The number of nitrogens with one attached hydrogen (secondary N) is 1. The molecule has 2 fully saturated rings. The summed E-state index contributed by atoms with van der Waals surface area (Å²) in [6.07, 6.45) is -0.0748. The number of fused-ring (bicyclic) bond motifs is 1. The van der Waals surface area contributed by atoms with Gasteiger partial charge in [-0.3, -0.25) is 0 Å². The Morgan fingerprint density at radius 2 is 2.09 bits per heavy atom. The first-order valence-corrected chi connectivity index (χ1v) is 9.44. The first kappa shape index (κ1) is 15.9. The summed E-state index contributed by atoms with van der Waals surface area (Å²) >= 11 is 0.439. The molecule has 1 aromatic rings. The molecule has 22 heavy (non-hydrogen) atoms. The van der Waals surface area contributed by atoms with E-state index in [1.807, 2.05) is 0 Å². The van der Waals surface area contributed by atoms with Crippen molar-refractivity contribution in [3.63, 3.8) is 0 Å². The third kappa shape index (κ3) is 2.92. The van der Waals surface area contributed by atoms with E-state index >= 15 is 0 Å². The van der Waals surface area contributed by atoms with E-state index in [-0.39, 0.29) is 12.2 Å². The standard InChI is InChI=1S/C13H18N2O6Se/c1-3-22-6-7-9-10(21-13(18-2)20-9)11(19-7)15-5-4-8(16)14-12(15)17/h4-5,7,9-11,13H,3,6H2,1-2H3,(H,14,16,17)/t7-,9-,10-,11-,13?/m1/s1. The van der Waals surface area contributed by atoms with E-state index in [1.165, 1.54) is 23.9 Å². The Kier molecular flexibility index (Phi) is 4.81. The molecular weight excluding hydrogens is 359 g/mol. The predicted octanol–water partition coefficient (Wildman–Crippen LogP) is -0.291. The molecule has 0 saturated carbocycles. The second-order valence-electron chi connectivity index (χ2n) is 4.97. The minimum atomic E-state index is -0.753. The monoisotopic (exact) mass is 378 g/mol. The number of rotatable bonds is 5. The van der Waals surface area contributed by atoms with E-state index in [0.717, 1.165) is 10.6 Å². The van der Waals surface area contributed by atoms with Crippen LogP contribution < -0.4 is 11.2 Å². The maximum absolute atomic E-state index is 12.0. The molecule has 0 aromatic carbocycles. The van der Waals surface area contributed by atoms with Gasteiger partial charge in [-0.25, -0.2) is 0 Å². The Morgan fingerprint density at radius 3 is 2.77 bits per heavy atom. The van der Waals surface area contributed by atoms with Gasteiger partial charge in [0, 0.05) is 0 Å². The van der Waals surface area contributed by atoms with E-state index in [2.05, 4.69) is 11.9 Å². The zero-order chi connectivity index (χ0) is 15.7. The molecule has 0 radical (unpaired) electrons. The molecule has 122 valence electrons. The van der Waals surface area contributed by atoms with Crippen LogP contribution in [0, 0.1) is 0 Å². The molecule has 1 unspecified atom stereocenters. The minimum absolute atomic E-state index is 0.145. The number of nitrogens with zero attached hydrogens (tertiary/aromatic N) is 1. The van der Waals surface area contributed by atoms with Gasteiger partial charge in [0.05, 0.1) is 0 Å². The fourth-order valence-corrected chi connectivity index (χ4v) is 4.18. The van der Waals surface area contributed by atoms with Crippen LogP contribution in [-0.4, -0.2) is 56.4 Å². The van der Waals surface area contributed by atoms with Crippen LogP contribution in [0.1, 0.15) is 13.2 Å². The first-order valence-electron chi connectivity index (χ1n) is 7.02. The summed E-state index contributed by atoms with van der Waals surface area (Å²) in [6, 6.07) is 1.28. The second kappa shape index (κ2) is 6.65. The number of aromatic amines is 1. The molecule has 0 aliphatic carbocycles. The number of H-pyrrole nitrogens is 1. The molecule has 0 amide bonds. The van der Waals surface area contributed by atoms with E-state index in [1.54, 1.807) is 0 Å². The summed E-state index contributed by atoms with van der Waals surface area (Å²) in [7, 11) is 1.50. The molecule has 2 aliphatic rings. The number of hydrogen-bond acceptors (Lipinski definition) is 6. The molecule has 0 spiro atoms. The van der Waals surface area contributed by atoms with E-state index < -0.39 is 30.1 Å². The van der Waals surface area contributed by atoms with Gasteiger partial charge in [-0.05, 0) is 0 Å². The molecular formula is C13H18N2O6Se. The SMILES string of the molecule is CC[Se]C[C@H]1O[C@@H](n2ccc(=O)[nH]c2=O)[C@@H]2OC(OC)O[C@@H]21. The Balaban J connectivity index is 1.87. The van der Waals surface area contributed by atoms with E-state index in [4.69, 9.17) is 18.9 Å². The summed E-state index contributed by atoms with van der Waals surface area (Å²) in [4.78, 5) is 25.4. The van der Waals surface area contributed by atoms with Crippen molar-refractivity contribution in [1.82, 2.24) is 9.55 Å². The van der Waals surface area contributed by atoms with Crippen molar-refractivity contribution in [2.45, 2.75) is 48.6 Å². The number of ether oxygens (including phenoxy) is 4. The average molecular weight is 377 g/mol. The summed E-state index contributed by atoms with van der Waals surface area (Å²) in [5, 5.41) is 1.97. The van der Waals surface area contributed by atoms with Crippen molar-refractivity contribution in [1.29, 1.82) is 0 Å². The third-order valence-corrected chi connectivity index (χ3v) is 5.67. The first-order chi connectivity index (χ1) is 10.6. The summed E-state index contributed by atoms with van der Waals surface area (Å²) in [6.45, 7) is 1.37. The Hall–Kier alpha value is -0.961. The van der Waals surface area contributed by atoms with Crippen molar-refractivity contribution in [3.05, 3.63) is 33.1 Å². The molecule has 1 N–H and O–H groups in total. The molecule has 0 bridgehead atoms. The zero-order valence-electron chi connectivity index (χ0n) is 12.3. The number of aromatic nitrogens is 2. The van der Waals surface area contributed by atoms with Crippen LogP contribution in [0.3, 0.4) is 0 Å². The normalized spacial score (nSPS) is 34.0. The summed E-state index contributed by atoms with van der Waals surface area (Å²) in [5.74, 6) is 0. The molecule has 9 heteroatoms. The summed E-state index contributed by atoms with van der Waals surface area (Å²) < 4.78 is 23.8.